The molecule has 0 bridgehead atoms. The van der Waals surface area contributed by atoms with Gasteiger partial charge in [-0.25, -0.2) is 4.99 Å². The molecule has 0 N–H and O–H groups in total. The molecule has 0 spiro atoms. The number of aryl methyl sites for hydroxylation is 1. The first-order chi connectivity index (χ1) is 18.9. The molecule has 196 valence electrons. The minimum atomic E-state index is -0.288. The molecule has 0 saturated carbocycles. The molecule has 0 aliphatic carbocycles. The molecule has 2 aliphatic heterocycles. The van der Waals surface area contributed by atoms with Crippen LogP contribution in [-0.2, 0) is 22.4 Å². The first-order valence-corrected chi connectivity index (χ1v) is 13.1. The van der Waals surface area contributed by atoms with E-state index in [4.69, 9.17) is 27.9 Å². The summed E-state index contributed by atoms with van der Waals surface area (Å²) in [6.07, 6.45) is 3.73. The van der Waals surface area contributed by atoms with E-state index < -0.39 is 0 Å². The number of aliphatic imine (C=N–C) groups is 1. The van der Waals surface area contributed by atoms with E-state index in [1.165, 1.54) is 13.4 Å². The van der Waals surface area contributed by atoms with Gasteiger partial charge in [0.25, 0.3) is 5.56 Å². The Morgan fingerprint density at radius 1 is 1.08 bits per heavy atom. The predicted octanol–water partition coefficient (Wildman–Crippen LogP) is 4.69. The Kier molecular flexibility index (Phi) is 6.62. The minimum absolute atomic E-state index is 0.120. The molecule has 2 aliphatic rings. The molecule has 6 rings (SSSR count). The van der Waals surface area contributed by atoms with Crippen LogP contribution in [0.25, 0.3) is 16.8 Å². The second-order valence-corrected chi connectivity index (χ2v) is 10.2. The van der Waals surface area contributed by atoms with Gasteiger partial charge in [0.2, 0.25) is 0 Å². The summed E-state index contributed by atoms with van der Waals surface area (Å²) in [7, 11) is 1.37. The number of pyridine rings is 1. The molecule has 0 saturated heterocycles. The molecule has 9 nitrogen and oxygen atoms in total. The van der Waals surface area contributed by atoms with E-state index in [9.17, 15) is 9.59 Å². The Labute approximate surface area is 233 Å². The molecule has 0 amide bonds. The Hall–Kier alpha value is -4.08. The van der Waals surface area contributed by atoms with Crippen molar-refractivity contribution in [2.24, 2.45) is 4.99 Å². The number of halogens is 2. The van der Waals surface area contributed by atoms with Crippen molar-refractivity contribution >= 4 is 34.9 Å². The number of rotatable bonds is 6. The highest BCUT2D eigenvalue weighted by Crippen LogP contribution is 2.40. The van der Waals surface area contributed by atoms with E-state index in [1.54, 1.807) is 16.8 Å². The molecule has 4 aromatic rings. The van der Waals surface area contributed by atoms with Gasteiger partial charge in [0.1, 0.15) is 11.5 Å². The number of hydrogen-bond donors (Lipinski definition) is 0. The van der Waals surface area contributed by atoms with Crippen LogP contribution in [-0.4, -0.2) is 43.6 Å². The number of aromatic nitrogens is 5. The van der Waals surface area contributed by atoms with Gasteiger partial charge in [-0.1, -0.05) is 47.5 Å². The molecule has 0 radical (unpaired) electrons. The van der Waals surface area contributed by atoms with Crippen LogP contribution < -0.4 is 5.56 Å². The van der Waals surface area contributed by atoms with Gasteiger partial charge in [-0.2, -0.15) is 4.68 Å². The molecule has 2 aromatic carbocycles. The molecule has 0 fully saturated rings. The second-order valence-electron chi connectivity index (χ2n) is 9.42. The highest BCUT2D eigenvalue weighted by atomic mass is 35.5. The SMILES string of the molecule is COC(=O)Cc1ccc(C2=NC(Cl)=C([C@@H]3CCc4cc(-c5cc(Cl)ccc5-n5cnnn5)cc(=O)n43)C2)cc1. The van der Waals surface area contributed by atoms with Gasteiger partial charge in [0.05, 0.1) is 31.0 Å². The lowest BCUT2D eigenvalue weighted by atomic mass is 9.97. The fourth-order valence-corrected chi connectivity index (χ4v) is 5.72. The van der Waals surface area contributed by atoms with Crippen LogP contribution in [0.4, 0.5) is 0 Å². The molecular weight excluding hydrogens is 539 g/mol. The van der Waals surface area contributed by atoms with Crippen molar-refractivity contribution in [1.82, 2.24) is 24.8 Å². The van der Waals surface area contributed by atoms with Gasteiger partial charge in [-0.15, -0.1) is 5.10 Å². The van der Waals surface area contributed by atoms with Crippen LogP contribution in [0.2, 0.25) is 5.02 Å². The average Bonchev–Trinajstić information content (AvgIpc) is 3.69. The molecule has 2 aromatic heterocycles. The quantitative estimate of drug-likeness (QED) is 0.250. The van der Waals surface area contributed by atoms with E-state index in [0.29, 0.717) is 16.6 Å². The van der Waals surface area contributed by atoms with Crippen LogP contribution in [0.1, 0.15) is 35.7 Å². The number of esters is 1. The minimum Gasteiger partial charge on any atom is -0.469 e. The van der Waals surface area contributed by atoms with Crippen molar-refractivity contribution in [3.05, 3.63) is 104 Å². The van der Waals surface area contributed by atoms with E-state index >= 15 is 0 Å². The lowest BCUT2D eigenvalue weighted by Crippen LogP contribution is -2.24. The predicted molar refractivity (Wildman–Crippen MR) is 147 cm³/mol. The Balaban J connectivity index is 1.27. The fourth-order valence-electron chi connectivity index (χ4n) is 5.25. The third-order valence-corrected chi connectivity index (χ3v) is 7.68. The number of ether oxygens (including phenoxy) is 1. The zero-order valence-electron chi connectivity index (χ0n) is 20.8. The van der Waals surface area contributed by atoms with Crippen molar-refractivity contribution in [3.63, 3.8) is 0 Å². The van der Waals surface area contributed by atoms with E-state index in [1.807, 2.05) is 47.0 Å². The summed E-state index contributed by atoms with van der Waals surface area (Å²) >= 11 is 13.0. The first-order valence-electron chi connectivity index (χ1n) is 12.3. The zero-order valence-corrected chi connectivity index (χ0v) is 22.4. The van der Waals surface area contributed by atoms with Gasteiger partial charge in [0.15, 0.2) is 0 Å². The maximum absolute atomic E-state index is 13.5. The first kappa shape index (κ1) is 25.2. The van der Waals surface area contributed by atoms with Crippen LogP contribution in [0.5, 0.6) is 0 Å². The maximum atomic E-state index is 13.5. The number of tetrazole rings is 1. The van der Waals surface area contributed by atoms with Crippen molar-refractivity contribution in [3.8, 4) is 16.8 Å². The summed E-state index contributed by atoms with van der Waals surface area (Å²) in [4.78, 5) is 29.7. The van der Waals surface area contributed by atoms with E-state index in [2.05, 4.69) is 20.5 Å². The summed E-state index contributed by atoms with van der Waals surface area (Å²) < 4.78 is 8.10. The number of fused-ring (bicyclic) bond motifs is 1. The largest absolute Gasteiger partial charge is 0.469 e. The molecular formula is C28H22Cl2N6O3. The second kappa shape index (κ2) is 10.2. The van der Waals surface area contributed by atoms with Gasteiger partial charge in [-0.05, 0) is 69.8 Å². The number of benzene rings is 2. The smallest absolute Gasteiger partial charge is 0.309 e. The highest BCUT2D eigenvalue weighted by Gasteiger charge is 2.32. The topological polar surface area (TPSA) is 104 Å². The fraction of sp³-hybridized carbons (Fsp3) is 0.214. The molecule has 11 heteroatoms. The van der Waals surface area contributed by atoms with Gasteiger partial charge in [0, 0.05) is 28.8 Å². The van der Waals surface area contributed by atoms with Gasteiger partial charge >= 0.3 is 5.97 Å². The number of methoxy groups -OCH3 is 1. The van der Waals surface area contributed by atoms with Crippen molar-refractivity contribution < 1.29 is 9.53 Å². The Morgan fingerprint density at radius 3 is 2.64 bits per heavy atom. The van der Waals surface area contributed by atoms with Crippen LogP contribution in [0.3, 0.4) is 0 Å². The number of carbonyl (C=O) groups is 1. The Morgan fingerprint density at radius 2 is 1.90 bits per heavy atom. The van der Waals surface area contributed by atoms with E-state index in [-0.39, 0.29) is 24.0 Å². The highest BCUT2D eigenvalue weighted by molar-refractivity contribution is 6.32. The molecule has 0 unspecified atom stereocenters. The third kappa shape index (κ3) is 4.79. The standard InChI is InChI=1S/C28H22Cl2N6O3/c1-39-27(38)10-16-2-4-17(5-3-16)23-14-22(28(30)32-23)25-9-7-20-11-18(12-26(37)36(20)25)21-13-19(29)6-8-24(21)35-15-31-33-34-35/h2-6,8,11-13,15,25H,7,9-10,14H2,1H3/t25-/m0/s1. The van der Waals surface area contributed by atoms with Gasteiger partial charge in [-0.3, -0.25) is 9.59 Å². The number of allylic oxidation sites excluding steroid dienone is 1. The number of carbonyl (C=O) groups excluding carboxylic acids is 1. The number of hydrogen-bond acceptors (Lipinski definition) is 7. The van der Waals surface area contributed by atoms with E-state index in [0.717, 1.165) is 57.8 Å². The van der Waals surface area contributed by atoms with Gasteiger partial charge < -0.3 is 9.30 Å². The number of nitrogens with zero attached hydrogens (tertiary/aromatic N) is 6. The van der Waals surface area contributed by atoms with Crippen molar-refractivity contribution in [2.45, 2.75) is 31.7 Å². The summed E-state index contributed by atoms with van der Waals surface area (Å²) in [6.45, 7) is 0. The van der Waals surface area contributed by atoms with Crippen LogP contribution in [0, 0.1) is 0 Å². The summed E-state index contributed by atoms with van der Waals surface area (Å²) in [5.74, 6) is -0.288. The summed E-state index contributed by atoms with van der Waals surface area (Å²) in [5, 5.41) is 12.4. The van der Waals surface area contributed by atoms with Crippen molar-refractivity contribution in [1.29, 1.82) is 0 Å². The molecule has 4 heterocycles. The monoisotopic (exact) mass is 560 g/mol. The summed E-state index contributed by atoms with van der Waals surface area (Å²) in [6, 6.07) is 16.5. The third-order valence-electron chi connectivity index (χ3n) is 7.12. The maximum Gasteiger partial charge on any atom is 0.309 e. The van der Waals surface area contributed by atoms with Crippen LogP contribution in [0.15, 0.2) is 81.4 Å². The zero-order chi connectivity index (χ0) is 27.1. The molecule has 39 heavy (non-hydrogen) atoms. The average molecular weight is 561 g/mol. The van der Waals surface area contributed by atoms with Crippen LogP contribution >= 0.6 is 23.2 Å². The van der Waals surface area contributed by atoms with Crippen molar-refractivity contribution in [2.75, 3.05) is 7.11 Å². The molecule has 1 atom stereocenters. The lowest BCUT2D eigenvalue weighted by molar-refractivity contribution is -0.139. The summed E-state index contributed by atoms with van der Waals surface area (Å²) in [5.41, 5.74) is 6.58. The lowest BCUT2D eigenvalue weighted by Gasteiger charge is -2.18. The Bertz CT molecular complexity index is 1710. The normalized spacial score (nSPS) is 16.4.